The molecule has 0 spiro atoms. The molecule has 0 saturated carbocycles. The van der Waals surface area contributed by atoms with Crippen molar-refractivity contribution in [1.82, 2.24) is 0 Å². The molecular formula is C4H12Cl2HfO. The second-order valence-electron chi connectivity index (χ2n) is 0.781. The van der Waals surface area contributed by atoms with Gasteiger partial charge in [-0.15, -0.1) is 24.8 Å². The number of rotatable bonds is 2. The van der Waals surface area contributed by atoms with Crippen LogP contribution in [0.3, 0.4) is 0 Å². The number of halogens is 2. The van der Waals surface area contributed by atoms with E-state index in [-0.39, 0.29) is 50.7 Å². The Morgan fingerprint density at radius 1 is 1.00 bits per heavy atom. The van der Waals surface area contributed by atoms with Gasteiger partial charge in [0.05, 0.1) is 0 Å². The molecule has 0 heterocycles. The van der Waals surface area contributed by atoms with E-state index in [1.54, 1.807) is 0 Å². The van der Waals surface area contributed by atoms with Crippen molar-refractivity contribution in [3.8, 4) is 0 Å². The van der Waals surface area contributed by atoms with E-state index in [1.165, 1.54) is 0 Å². The summed E-state index contributed by atoms with van der Waals surface area (Å²) in [7, 11) is 0. The molecule has 0 amide bonds. The molecule has 1 nitrogen and oxygen atoms in total. The fourth-order valence-corrected chi connectivity index (χ4v) is 0.204. The third kappa shape index (κ3) is 26.2. The van der Waals surface area contributed by atoms with Crippen molar-refractivity contribution < 1.29 is 30.6 Å². The summed E-state index contributed by atoms with van der Waals surface area (Å²) < 4.78 is 4.83. The quantitative estimate of drug-likeness (QED) is 0.705. The van der Waals surface area contributed by atoms with E-state index in [2.05, 4.69) is 0 Å². The van der Waals surface area contributed by atoms with Gasteiger partial charge in [0.2, 0.25) is 0 Å². The van der Waals surface area contributed by atoms with Crippen molar-refractivity contribution in [1.29, 1.82) is 0 Å². The molecule has 0 fully saturated rings. The molecule has 0 aliphatic carbocycles. The van der Waals surface area contributed by atoms with Gasteiger partial charge in [0.25, 0.3) is 0 Å². The van der Waals surface area contributed by atoms with E-state index in [0.717, 1.165) is 13.2 Å². The average Bonchev–Trinajstić information content (AvgIpc) is 1.41. The van der Waals surface area contributed by atoms with Crippen molar-refractivity contribution >= 4 is 24.8 Å². The summed E-state index contributed by atoms with van der Waals surface area (Å²) in [6, 6.07) is 0. The number of hydrogen-bond acceptors (Lipinski definition) is 1. The van der Waals surface area contributed by atoms with Crippen molar-refractivity contribution in [2.45, 2.75) is 13.8 Å². The smallest absolute Gasteiger partial charge is 0.0437 e. The fourth-order valence-electron chi connectivity index (χ4n) is 0.204. The van der Waals surface area contributed by atoms with Crippen molar-refractivity contribution in [3.63, 3.8) is 0 Å². The van der Waals surface area contributed by atoms with Gasteiger partial charge in [0.1, 0.15) is 0 Å². The normalized spacial score (nSPS) is 5.25. The Morgan fingerprint density at radius 3 is 1.25 bits per heavy atom. The van der Waals surface area contributed by atoms with E-state index < -0.39 is 0 Å². The summed E-state index contributed by atoms with van der Waals surface area (Å²) in [4.78, 5) is 0. The summed E-state index contributed by atoms with van der Waals surface area (Å²) >= 11 is 0. The molecule has 0 radical (unpaired) electrons. The standard InChI is InChI=1S/C4H10O.2ClH.Hf/c1-3-5-4-2;;;/h3-4H2,1-2H3;2*1H;. The van der Waals surface area contributed by atoms with E-state index in [1.807, 2.05) is 13.8 Å². The SMILES string of the molecule is CCOCC.Cl.Cl.[Hf]. The predicted octanol–water partition coefficient (Wildman–Crippen LogP) is 1.88. The topological polar surface area (TPSA) is 9.23 Å². The maximum Gasteiger partial charge on any atom is 0.0437 e. The summed E-state index contributed by atoms with van der Waals surface area (Å²) in [5.41, 5.74) is 0. The van der Waals surface area contributed by atoms with Crippen LogP contribution in [0.4, 0.5) is 0 Å². The molecule has 0 aliphatic rings. The van der Waals surface area contributed by atoms with Crippen molar-refractivity contribution in [2.24, 2.45) is 0 Å². The average molecular weight is 326 g/mol. The van der Waals surface area contributed by atoms with Crippen LogP contribution in [0.25, 0.3) is 0 Å². The Morgan fingerprint density at radius 2 is 1.25 bits per heavy atom. The first kappa shape index (κ1) is 22.7. The Hall–Kier alpha value is 1.41. The van der Waals surface area contributed by atoms with Crippen LogP contribution in [0.15, 0.2) is 0 Å². The summed E-state index contributed by atoms with van der Waals surface area (Å²) in [6.07, 6.45) is 0. The molecular weight excluding hydrogens is 313 g/mol. The Labute approximate surface area is 82.2 Å². The molecule has 0 unspecified atom stereocenters. The first-order valence-corrected chi connectivity index (χ1v) is 1.99. The monoisotopic (exact) mass is 326 g/mol. The molecule has 0 aliphatic heterocycles. The van der Waals surface area contributed by atoms with Gasteiger partial charge in [-0.2, -0.15) is 0 Å². The molecule has 8 heavy (non-hydrogen) atoms. The van der Waals surface area contributed by atoms with E-state index in [4.69, 9.17) is 4.74 Å². The molecule has 0 rings (SSSR count). The molecule has 0 bridgehead atoms. The van der Waals surface area contributed by atoms with Gasteiger partial charge in [-0.25, -0.2) is 0 Å². The van der Waals surface area contributed by atoms with Crippen LogP contribution < -0.4 is 0 Å². The van der Waals surface area contributed by atoms with Crippen molar-refractivity contribution in [3.05, 3.63) is 0 Å². The van der Waals surface area contributed by atoms with Crippen LogP contribution in [0.2, 0.25) is 0 Å². The van der Waals surface area contributed by atoms with Gasteiger partial charge in [-0.05, 0) is 13.8 Å². The second-order valence-corrected chi connectivity index (χ2v) is 0.781. The van der Waals surface area contributed by atoms with Crippen LogP contribution in [-0.4, -0.2) is 13.2 Å². The molecule has 0 N–H and O–H groups in total. The Kier molecular flexibility index (Phi) is 67.5. The number of ether oxygens (including phenoxy) is 1. The largest absolute Gasteiger partial charge is 0.382 e. The van der Waals surface area contributed by atoms with Crippen LogP contribution in [0.1, 0.15) is 13.8 Å². The van der Waals surface area contributed by atoms with Crippen LogP contribution >= 0.6 is 24.8 Å². The summed E-state index contributed by atoms with van der Waals surface area (Å²) in [6.45, 7) is 5.67. The van der Waals surface area contributed by atoms with Gasteiger partial charge >= 0.3 is 0 Å². The fraction of sp³-hybridized carbons (Fsp3) is 1.00. The zero-order chi connectivity index (χ0) is 4.12. The molecule has 0 atom stereocenters. The molecule has 0 saturated heterocycles. The van der Waals surface area contributed by atoms with Gasteiger partial charge < -0.3 is 4.74 Å². The van der Waals surface area contributed by atoms with Crippen LogP contribution in [0.5, 0.6) is 0 Å². The number of hydrogen-bond donors (Lipinski definition) is 0. The minimum atomic E-state index is 0. The minimum Gasteiger partial charge on any atom is -0.382 e. The molecule has 0 aromatic heterocycles. The van der Waals surface area contributed by atoms with Gasteiger partial charge in [-0.1, -0.05) is 0 Å². The Bertz CT molecular complexity index is 21.5. The maximum atomic E-state index is 4.83. The summed E-state index contributed by atoms with van der Waals surface area (Å²) in [5, 5.41) is 0. The van der Waals surface area contributed by atoms with E-state index in [9.17, 15) is 0 Å². The minimum absolute atomic E-state index is 0. The van der Waals surface area contributed by atoms with Crippen LogP contribution in [0, 0.1) is 0 Å². The van der Waals surface area contributed by atoms with E-state index in [0.29, 0.717) is 0 Å². The first-order valence-electron chi connectivity index (χ1n) is 1.99. The molecule has 0 aromatic carbocycles. The molecule has 52 valence electrons. The third-order valence-corrected chi connectivity index (χ3v) is 0.408. The van der Waals surface area contributed by atoms with Gasteiger partial charge in [-0.3, -0.25) is 0 Å². The van der Waals surface area contributed by atoms with Crippen molar-refractivity contribution in [2.75, 3.05) is 13.2 Å². The summed E-state index contributed by atoms with van der Waals surface area (Å²) in [5.74, 6) is 0. The first-order chi connectivity index (χ1) is 2.41. The Balaban J connectivity index is -0.0000000267. The van der Waals surface area contributed by atoms with Gasteiger partial charge in [0, 0.05) is 39.1 Å². The van der Waals surface area contributed by atoms with Gasteiger partial charge in [0.15, 0.2) is 0 Å². The predicted molar refractivity (Wildman–Crippen MR) is 36.7 cm³/mol. The maximum absolute atomic E-state index is 4.83. The zero-order valence-electron chi connectivity index (χ0n) is 5.14. The third-order valence-electron chi connectivity index (χ3n) is 0.408. The molecule has 0 aromatic rings. The van der Waals surface area contributed by atoms with Crippen LogP contribution in [-0.2, 0) is 30.6 Å². The van der Waals surface area contributed by atoms with E-state index >= 15 is 0 Å². The second kappa shape index (κ2) is 23.7. The zero-order valence-corrected chi connectivity index (χ0v) is 10.4. The molecule has 4 heteroatoms.